The van der Waals surface area contributed by atoms with Gasteiger partial charge in [-0.2, -0.15) is 0 Å². The van der Waals surface area contributed by atoms with Crippen molar-refractivity contribution in [3.05, 3.63) is 34.9 Å². The lowest BCUT2D eigenvalue weighted by molar-refractivity contribution is 0.00778. The molecule has 2 rings (SSSR count). The van der Waals surface area contributed by atoms with Crippen molar-refractivity contribution < 1.29 is 24.5 Å². The van der Waals surface area contributed by atoms with Crippen LogP contribution in [-0.2, 0) is 10.2 Å². The Morgan fingerprint density at radius 2 is 2.00 bits per heavy atom. The number of aliphatic hydroxyl groups is 1. The zero-order valence-corrected chi connectivity index (χ0v) is 15.3. The molecule has 0 aromatic heterocycles. The van der Waals surface area contributed by atoms with Crippen LogP contribution in [0.1, 0.15) is 55.1 Å². The van der Waals surface area contributed by atoms with Crippen LogP contribution in [0, 0.1) is 6.92 Å². The highest BCUT2D eigenvalue weighted by molar-refractivity contribution is 5.88. The van der Waals surface area contributed by atoms with Gasteiger partial charge in [0.2, 0.25) is 0 Å². The van der Waals surface area contributed by atoms with Crippen LogP contribution in [0.3, 0.4) is 0 Å². The maximum atomic E-state index is 12.4. The van der Waals surface area contributed by atoms with Crippen molar-refractivity contribution in [3.8, 4) is 0 Å². The molecule has 1 aromatic carbocycles. The van der Waals surface area contributed by atoms with E-state index in [1.165, 1.54) is 0 Å². The number of carbonyl (C=O) groups is 2. The van der Waals surface area contributed by atoms with Gasteiger partial charge in [0, 0.05) is 18.5 Å². The maximum absolute atomic E-state index is 12.4. The van der Waals surface area contributed by atoms with E-state index in [1.807, 2.05) is 27.7 Å². The SMILES string of the molecule is Cc1ccc(C(=O)O)cc1C1(CO)CCCN(C(=O)OC(C)(C)C)C1. The lowest BCUT2D eigenvalue weighted by Crippen LogP contribution is -2.51. The molecule has 0 saturated carbocycles. The predicted octanol–water partition coefficient (Wildman–Crippen LogP) is 2.95. The minimum Gasteiger partial charge on any atom is -0.478 e. The third-order valence-electron chi connectivity index (χ3n) is 4.59. The Bertz CT molecular complexity index is 664. The second kappa shape index (κ2) is 7.04. The number of carboxylic acids is 1. The third kappa shape index (κ3) is 4.31. The Balaban J connectivity index is 2.35. The van der Waals surface area contributed by atoms with Crippen molar-refractivity contribution in [2.24, 2.45) is 0 Å². The van der Waals surface area contributed by atoms with Crippen LogP contribution in [0.15, 0.2) is 18.2 Å². The predicted molar refractivity (Wildman–Crippen MR) is 93.9 cm³/mol. The first-order valence-electron chi connectivity index (χ1n) is 8.51. The van der Waals surface area contributed by atoms with E-state index >= 15 is 0 Å². The Labute approximate surface area is 148 Å². The third-order valence-corrected chi connectivity index (χ3v) is 4.59. The van der Waals surface area contributed by atoms with Gasteiger partial charge in [-0.05, 0) is 63.8 Å². The monoisotopic (exact) mass is 349 g/mol. The molecule has 1 aromatic rings. The molecule has 1 aliphatic rings. The fraction of sp³-hybridized carbons (Fsp3) is 0.579. The summed E-state index contributed by atoms with van der Waals surface area (Å²) in [5.41, 5.74) is 0.608. The minimum absolute atomic E-state index is 0.157. The number of aromatic carboxylic acids is 1. The lowest BCUT2D eigenvalue weighted by atomic mass is 9.72. The summed E-state index contributed by atoms with van der Waals surface area (Å²) in [5, 5.41) is 19.4. The van der Waals surface area contributed by atoms with E-state index in [9.17, 15) is 19.8 Å². The first kappa shape index (κ1) is 19.2. The van der Waals surface area contributed by atoms with Crippen LogP contribution < -0.4 is 0 Å². The van der Waals surface area contributed by atoms with Crippen molar-refractivity contribution in [2.45, 2.75) is 51.6 Å². The number of likely N-dealkylation sites (tertiary alicyclic amines) is 1. The van der Waals surface area contributed by atoms with E-state index in [0.717, 1.165) is 17.5 Å². The molecule has 0 aliphatic carbocycles. The molecular formula is C19H27NO5. The number of aryl methyl sites for hydroxylation is 1. The Morgan fingerprint density at radius 3 is 2.56 bits per heavy atom. The summed E-state index contributed by atoms with van der Waals surface area (Å²) >= 11 is 0. The topological polar surface area (TPSA) is 87.1 Å². The zero-order valence-electron chi connectivity index (χ0n) is 15.3. The quantitative estimate of drug-likeness (QED) is 0.876. The van der Waals surface area contributed by atoms with E-state index in [4.69, 9.17) is 4.74 Å². The lowest BCUT2D eigenvalue weighted by Gasteiger charge is -2.43. The van der Waals surface area contributed by atoms with Gasteiger partial charge in [-0.3, -0.25) is 0 Å². The Morgan fingerprint density at radius 1 is 1.32 bits per heavy atom. The van der Waals surface area contributed by atoms with E-state index in [-0.39, 0.29) is 12.2 Å². The van der Waals surface area contributed by atoms with E-state index in [1.54, 1.807) is 23.1 Å². The average molecular weight is 349 g/mol. The number of hydrogen-bond donors (Lipinski definition) is 2. The van der Waals surface area contributed by atoms with Gasteiger partial charge in [0.1, 0.15) is 5.60 Å². The number of nitrogens with zero attached hydrogens (tertiary/aromatic N) is 1. The fourth-order valence-corrected chi connectivity index (χ4v) is 3.37. The maximum Gasteiger partial charge on any atom is 0.410 e. The minimum atomic E-state index is -1.01. The van der Waals surface area contributed by atoms with Crippen molar-refractivity contribution in [3.63, 3.8) is 0 Å². The largest absolute Gasteiger partial charge is 0.478 e. The molecule has 1 saturated heterocycles. The first-order chi connectivity index (χ1) is 11.6. The highest BCUT2D eigenvalue weighted by Gasteiger charge is 2.40. The Hall–Kier alpha value is -2.08. The van der Waals surface area contributed by atoms with Gasteiger partial charge < -0.3 is 19.8 Å². The number of rotatable bonds is 3. The first-order valence-corrected chi connectivity index (χ1v) is 8.51. The van der Waals surface area contributed by atoms with Crippen molar-refractivity contribution in [1.82, 2.24) is 4.90 Å². The summed E-state index contributed by atoms with van der Waals surface area (Å²) in [6, 6.07) is 4.93. The van der Waals surface area contributed by atoms with Crippen molar-refractivity contribution >= 4 is 12.1 Å². The van der Waals surface area contributed by atoms with Gasteiger partial charge in [0.05, 0.1) is 12.2 Å². The second-order valence-electron chi connectivity index (χ2n) is 7.78. The highest BCUT2D eigenvalue weighted by Crippen LogP contribution is 2.36. The van der Waals surface area contributed by atoms with Gasteiger partial charge in [0.15, 0.2) is 0 Å². The number of carboxylic acid groups (broad SMARTS) is 1. The summed E-state index contributed by atoms with van der Waals surface area (Å²) in [5.74, 6) is -1.01. The summed E-state index contributed by atoms with van der Waals surface area (Å²) < 4.78 is 5.45. The average Bonchev–Trinajstić information content (AvgIpc) is 2.53. The number of amides is 1. The van der Waals surface area contributed by atoms with E-state index in [0.29, 0.717) is 19.5 Å². The molecular weight excluding hydrogens is 322 g/mol. The summed E-state index contributed by atoms with van der Waals surface area (Å²) in [7, 11) is 0. The molecule has 1 amide bonds. The number of hydrogen-bond acceptors (Lipinski definition) is 4. The molecule has 0 spiro atoms. The van der Waals surface area contributed by atoms with E-state index in [2.05, 4.69) is 0 Å². The number of piperidine rings is 1. The molecule has 1 atom stereocenters. The second-order valence-corrected chi connectivity index (χ2v) is 7.78. The zero-order chi connectivity index (χ0) is 18.8. The molecule has 6 heteroatoms. The molecule has 1 heterocycles. The van der Waals surface area contributed by atoms with Gasteiger partial charge in [-0.1, -0.05) is 6.07 Å². The summed E-state index contributed by atoms with van der Waals surface area (Å²) in [6.45, 7) is 8.05. The summed E-state index contributed by atoms with van der Waals surface area (Å²) in [6.07, 6.45) is 1.00. The summed E-state index contributed by atoms with van der Waals surface area (Å²) in [4.78, 5) is 25.4. The van der Waals surface area contributed by atoms with E-state index < -0.39 is 23.1 Å². The van der Waals surface area contributed by atoms with Crippen molar-refractivity contribution in [1.29, 1.82) is 0 Å². The van der Waals surface area contributed by atoms with Gasteiger partial charge in [-0.15, -0.1) is 0 Å². The molecule has 6 nitrogen and oxygen atoms in total. The van der Waals surface area contributed by atoms with Crippen LogP contribution in [0.2, 0.25) is 0 Å². The molecule has 0 bridgehead atoms. The van der Waals surface area contributed by atoms with Gasteiger partial charge >= 0.3 is 12.1 Å². The molecule has 138 valence electrons. The molecule has 1 fully saturated rings. The molecule has 2 N–H and O–H groups in total. The number of aliphatic hydroxyl groups excluding tert-OH is 1. The van der Waals surface area contributed by atoms with Crippen LogP contribution in [-0.4, -0.2) is 52.5 Å². The smallest absolute Gasteiger partial charge is 0.410 e. The van der Waals surface area contributed by atoms with Gasteiger partial charge in [-0.25, -0.2) is 9.59 Å². The fourth-order valence-electron chi connectivity index (χ4n) is 3.37. The van der Waals surface area contributed by atoms with Crippen LogP contribution in [0.5, 0.6) is 0 Å². The highest BCUT2D eigenvalue weighted by atomic mass is 16.6. The number of benzene rings is 1. The number of carbonyl (C=O) groups excluding carboxylic acids is 1. The number of ether oxygens (including phenoxy) is 1. The van der Waals surface area contributed by atoms with Gasteiger partial charge in [0.25, 0.3) is 0 Å². The van der Waals surface area contributed by atoms with Crippen LogP contribution >= 0.6 is 0 Å². The Kier molecular flexibility index (Phi) is 5.42. The van der Waals surface area contributed by atoms with Crippen LogP contribution in [0.25, 0.3) is 0 Å². The normalized spacial score (nSPS) is 21.1. The standard InChI is InChI=1S/C19H27NO5/c1-13-6-7-14(16(22)23)10-15(13)19(12-21)8-5-9-20(11-19)17(24)25-18(2,3)4/h6-7,10,21H,5,8-9,11-12H2,1-4H3,(H,22,23). The molecule has 25 heavy (non-hydrogen) atoms. The molecule has 0 radical (unpaired) electrons. The molecule has 1 unspecified atom stereocenters. The molecule has 1 aliphatic heterocycles. The van der Waals surface area contributed by atoms with Crippen LogP contribution in [0.4, 0.5) is 4.79 Å². The van der Waals surface area contributed by atoms with Crippen molar-refractivity contribution in [2.75, 3.05) is 19.7 Å².